The van der Waals surface area contributed by atoms with E-state index >= 15 is 0 Å². The zero-order valence-electron chi connectivity index (χ0n) is 23.5. The number of rotatable bonds is 10. The van der Waals surface area contributed by atoms with Gasteiger partial charge in [0.1, 0.15) is 12.6 Å². The first-order chi connectivity index (χ1) is 19.9. The molecule has 1 aliphatic rings. The fourth-order valence-corrected chi connectivity index (χ4v) is 6.46. The standard InChI is InChI=1S/C31H34F3N3O4S/c1-22-11-6-7-12-24(22)20-36(23(2)30(39)35-26-14-8-9-15-26)29(38)21-37(42(40,41)28-17-4-3-5-18-28)27-16-10-13-25(19-27)31(32,33)34/h3-7,10-13,16-19,23,26H,8-9,14-15,20-21H2,1-2H3,(H,35,39). The van der Waals surface area contributed by atoms with Gasteiger partial charge in [0.15, 0.2) is 0 Å². The van der Waals surface area contributed by atoms with Gasteiger partial charge in [-0.1, -0.05) is 61.4 Å². The predicted molar refractivity (Wildman–Crippen MR) is 154 cm³/mol. The summed E-state index contributed by atoms with van der Waals surface area (Å²) in [4.78, 5) is 28.4. The molecule has 1 fully saturated rings. The van der Waals surface area contributed by atoms with Crippen LogP contribution in [-0.2, 0) is 32.3 Å². The number of anilines is 1. The highest BCUT2D eigenvalue weighted by molar-refractivity contribution is 7.92. The second-order valence-corrected chi connectivity index (χ2v) is 12.3. The van der Waals surface area contributed by atoms with E-state index in [2.05, 4.69) is 5.32 Å². The second kappa shape index (κ2) is 13.0. The number of benzene rings is 3. The number of amides is 2. The van der Waals surface area contributed by atoms with Crippen LogP contribution in [0.2, 0.25) is 0 Å². The molecule has 0 radical (unpaired) electrons. The lowest BCUT2D eigenvalue weighted by atomic mass is 10.1. The summed E-state index contributed by atoms with van der Waals surface area (Å²) in [5, 5.41) is 2.99. The number of carbonyl (C=O) groups is 2. The molecule has 0 aromatic heterocycles. The van der Waals surface area contributed by atoms with Crippen LogP contribution in [0.4, 0.5) is 18.9 Å². The van der Waals surface area contributed by atoms with Gasteiger partial charge in [0.25, 0.3) is 10.0 Å². The van der Waals surface area contributed by atoms with Gasteiger partial charge in [0, 0.05) is 12.6 Å². The second-order valence-electron chi connectivity index (χ2n) is 10.5. The molecule has 11 heteroatoms. The van der Waals surface area contributed by atoms with Gasteiger partial charge in [-0.15, -0.1) is 0 Å². The largest absolute Gasteiger partial charge is 0.416 e. The van der Waals surface area contributed by atoms with Crippen molar-refractivity contribution >= 4 is 27.5 Å². The maximum absolute atomic E-state index is 14.0. The maximum Gasteiger partial charge on any atom is 0.416 e. The lowest BCUT2D eigenvalue weighted by Crippen LogP contribution is -2.52. The van der Waals surface area contributed by atoms with Crippen molar-refractivity contribution in [2.24, 2.45) is 0 Å². The summed E-state index contributed by atoms with van der Waals surface area (Å²) in [7, 11) is -4.47. The van der Waals surface area contributed by atoms with Crippen molar-refractivity contribution in [1.29, 1.82) is 0 Å². The molecule has 2 amide bonds. The van der Waals surface area contributed by atoms with E-state index in [1.54, 1.807) is 19.1 Å². The molecular weight excluding hydrogens is 567 g/mol. The Morgan fingerprint density at radius 1 is 0.952 bits per heavy atom. The highest BCUT2D eigenvalue weighted by atomic mass is 32.2. The van der Waals surface area contributed by atoms with Gasteiger partial charge in [0.2, 0.25) is 11.8 Å². The van der Waals surface area contributed by atoms with Crippen LogP contribution in [0.25, 0.3) is 0 Å². The van der Waals surface area contributed by atoms with Crippen molar-refractivity contribution in [2.75, 3.05) is 10.8 Å². The van der Waals surface area contributed by atoms with E-state index in [1.165, 1.54) is 35.2 Å². The average molecular weight is 602 g/mol. The lowest BCUT2D eigenvalue weighted by molar-refractivity contribution is -0.139. The number of nitrogens with one attached hydrogen (secondary N) is 1. The van der Waals surface area contributed by atoms with Gasteiger partial charge in [-0.05, 0) is 68.1 Å². The first kappa shape index (κ1) is 31.1. The van der Waals surface area contributed by atoms with Gasteiger partial charge in [0.05, 0.1) is 16.1 Å². The van der Waals surface area contributed by atoms with Crippen molar-refractivity contribution in [1.82, 2.24) is 10.2 Å². The van der Waals surface area contributed by atoms with Crippen LogP contribution in [0.3, 0.4) is 0 Å². The third kappa shape index (κ3) is 7.31. The summed E-state index contributed by atoms with van der Waals surface area (Å²) in [5.74, 6) is -1.11. The Bertz CT molecular complexity index is 1510. The average Bonchev–Trinajstić information content (AvgIpc) is 3.48. The number of hydrogen-bond donors (Lipinski definition) is 1. The summed E-state index contributed by atoms with van der Waals surface area (Å²) < 4.78 is 69.0. The highest BCUT2D eigenvalue weighted by Crippen LogP contribution is 2.33. The van der Waals surface area contributed by atoms with Gasteiger partial charge >= 0.3 is 6.18 Å². The molecule has 1 unspecified atom stereocenters. The minimum Gasteiger partial charge on any atom is -0.352 e. The quantitative estimate of drug-likeness (QED) is 0.324. The summed E-state index contributed by atoms with van der Waals surface area (Å²) >= 11 is 0. The molecule has 42 heavy (non-hydrogen) atoms. The van der Waals surface area contributed by atoms with E-state index in [-0.39, 0.29) is 29.1 Å². The van der Waals surface area contributed by atoms with Crippen LogP contribution >= 0.6 is 0 Å². The molecule has 0 saturated heterocycles. The van der Waals surface area contributed by atoms with Crippen LogP contribution in [0.5, 0.6) is 0 Å². The molecule has 1 saturated carbocycles. The molecule has 3 aromatic carbocycles. The van der Waals surface area contributed by atoms with Gasteiger partial charge in [-0.2, -0.15) is 13.2 Å². The van der Waals surface area contributed by atoms with Crippen molar-refractivity contribution in [2.45, 2.75) is 69.2 Å². The van der Waals surface area contributed by atoms with Crippen LogP contribution in [0, 0.1) is 6.92 Å². The van der Waals surface area contributed by atoms with Gasteiger partial charge in [-0.25, -0.2) is 8.42 Å². The number of halogens is 3. The van der Waals surface area contributed by atoms with E-state index in [0.717, 1.165) is 48.9 Å². The molecule has 4 rings (SSSR count). The SMILES string of the molecule is Cc1ccccc1CN(C(=O)CN(c1cccc(C(F)(F)F)c1)S(=O)(=O)c1ccccc1)C(C)C(=O)NC1CCCC1. The molecular formula is C31H34F3N3O4S. The Labute approximate surface area is 244 Å². The van der Waals surface area contributed by atoms with Crippen LogP contribution in [0.1, 0.15) is 49.3 Å². The van der Waals surface area contributed by atoms with E-state index < -0.39 is 40.3 Å². The van der Waals surface area contributed by atoms with Crippen molar-refractivity contribution in [3.8, 4) is 0 Å². The number of hydrogen-bond acceptors (Lipinski definition) is 4. The minimum absolute atomic E-state index is 0.00423. The minimum atomic E-state index is -4.73. The Balaban J connectivity index is 1.73. The van der Waals surface area contributed by atoms with E-state index in [4.69, 9.17) is 0 Å². The number of sulfonamides is 1. The first-order valence-corrected chi connectivity index (χ1v) is 15.2. The summed E-state index contributed by atoms with van der Waals surface area (Å²) in [6, 6.07) is 17.4. The van der Waals surface area contributed by atoms with E-state index in [9.17, 15) is 31.2 Å². The molecule has 0 aliphatic heterocycles. The topological polar surface area (TPSA) is 86.8 Å². The number of nitrogens with zero attached hydrogens (tertiary/aromatic N) is 2. The molecule has 1 aliphatic carbocycles. The third-order valence-corrected chi connectivity index (χ3v) is 9.33. The molecule has 3 aromatic rings. The summed E-state index contributed by atoms with van der Waals surface area (Å²) in [6.45, 7) is 2.62. The molecule has 0 bridgehead atoms. The Kier molecular flexibility index (Phi) is 9.60. The first-order valence-electron chi connectivity index (χ1n) is 13.8. The number of alkyl halides is 3. The fourth-order valence-electron chi connectivity index (χ4n) is 5.03. The fraction of sp³-hybridized carbons (Fsp3) is 0.355. The Hall–Kier alpha value is -3.86. The van der Waals surface area contributed by atoms with Crippen LogP contribution in [0.15, 0.2) is 83.8 Å². The zero-order chi connectivity index (χ0) is 30.5. The van der Waals surface area contributed by atoms with Gasteiger partial charge < -0.3 is 10.2 Å². The van der Waals surface area contributed by atoms with Crippen molar-refractivity contribution in [3.63, 3.8) is 0 Å². The van der Waals surface area contributed by atoms with Crippen LogP contribution in [-0.4, -0.2) is 43.8 Å². The van der Waals surface area contributed by atoms with Crippen molar-refractivity contribution in [3.05, 3.63) is 95.6 Å². The van der Waals surface area contributed by atoms with Crippen molar-refractivity contribution < 1.29 is 31.2 Å². The third-order valence-electron chi connectivity index (χ3n) is 7.54. The van der Waals surface area contributed by atoms with Gasteiger partial charge in [-0.3, -0.25) is 13.9 Å². The molecule has 7 nitrogen and oxygen atoms in total. The molecule has 1 atom stereocenters. The normalized spacial score (nSPS) is 14.8. The van der Waals surface area contributed by atoms with Crippen LogP contribution < -0.4 is 9.62 Å². The Morgan fingerprint density at radius 2 is 1.60 bits per heavy atom. The lowest BCUT2D eigenvalue weighted by Gasteiger charge is -2.33. The predicted octanol–water partition coefficient (Wildman–Crippen LogP) is 5.69. The smallest absolute Gasteiger partial charge is 0.352 e. The highest BCUT2D eigenvalue weighted by Gasteiger charge is 2.35. The number of aryl methyl sites for hydroxylation is 1. The monoisotopic (exact) mass is 601 g/mol. The molecule has 0 heterocycles. The molecule has 224 valence electrons. The summed E-state index contributed by atoms with van der Waals surface area (Å²) in [5.41, 5.74) is 0.246. The zero-order valence-corrected chi connectivity index (χ0v) is 24.3. The maximum atomic E-state index is 14.0. The molecule has 1 N–H and O–H groups in total. The van der Waals surface area contributed by atoms with E-state index in [0.29, 0.717) is 10.4 Å². The molecule has 0 spiro atoms. The number of carbonyl (C=O) groups excluding carboxylic acids is 2. The van der Waals surface area contributed by atoms with E-state index in [1.807, 2.05) is 25.1 Å². The summed E-state index contributed by atoms with van der Waals surface area (Å²) in [6.07, 6.45) is -1.07. The Morgan fingerprint density at radius 3 is 2.24 bits per heavy atom.